The third-order valence-corrected chi connectivity index (χ3v) is 10.4. The first kappa shape index (κ1) is 34.3. The molecule has 0 aromatic heterocycles. The van der Waals surface area contributed by atoms with Crippen LogP contribution in [0.4, 0.5) is 0 Å². The average Bonchev–Trinajstić information content (AvgIpc) is 3.63. The van der Waals surface area contributed by atoms with Gasteiger partial charge in [0.15, 0.2) is 0 Å². The van der Waals surface area contributed by atoms with E-state index in [1.807, 2.05) is 60.4 Å². The second-order valence-electron chi connectivity index (χ2n) is 12.8. The van der Waals surface area contributed by atoms with Crippen LogP contribution in [0.1, 0.15) is 76.8 Å². The average molecular weight is 701 g/mol. The number of nitrogens with zero attached hydrogens (tertiary/aromatic N) is 2. The van der Waals surface area contributed by atoms with Gasteiger partial charge in [0.2, 0.25) is 17.7 Å². The van der Waals surface area contributed by atoms with Gasteiger partial charge in [-0.05, 0) is 44.2 Å². The van der Waals surface area contributed by atoms with Crippen LogP contribution in [0.15, 0.2) is 53.0 Å². The van der Waals surface area contributed by atoms with Crippen molar-refractivity contribution in [1.29, 1.82) is 0 Å². The number of cyclic esters (lactones) is 1. The molecular weight excluding hydrogens is 654 g/mol. The molecule has 10 nitrogen and oxygen atoms in total. The van der Waals surface area contributed by atoms with Crippen LogP contribution in [0.25, 0.3) is 0 Å². The van der Waals surface area contributed by atoms with Gasteiger partial charge in [0, 0.05) is 36.6 Å². The quantitative estimate of drug-likeness (QED) is 0.213. The zero-order chi connectivity index (χ0) is 32.8. The smallest absolute Gasteiger partial charge is 0.306 e. The van der Waals surface area contributed by atoms with Crippen molar-refractivity contribution in [1.82, 2.24) is 15.1 Å². The minimum Gasteiger partial charge on any atom is -0.463 e. The standard InChI is InChI=1S/C35H46BrN3O7/c1-3-14-23(2)38-18-12-7-10-17-27(41)45-22-26(24-15-8-6-9-16-24)37-32(42)28-29-33(43)39(19-11-4-5-13-20-40)31(34(38)44)35(29)21-25(36)30(28)46-35/h6-9,12,15-16,21,23,26,28-31,40H,3-5,10-11,13-14,17-20,22H2,1-2H3,(H,37,42)/b12-7-/t23?,26-,28-,29+,30-,31-,35+/m1/s1. The summed E-state index contributed by atoms with van der Waals surface area (Å²) < 4.78 is 12.9. The van der Waals surface area contributed by atoms with Crippen LogP contribution in [-0.4, -0.2) is 88.7 Å². The molecule has 11 heteroatoms. The number of rotatable bonds is 10. The molecule has 2 saturated heterocycles. The Morgan fingerprint density at radius 1 is 1.07 bits per heavy atom. The molecule has 0 radical (unpaired) electrons. The number of esters is 1. The Kier molecular flexibility index (Phi) is 11.4. The van der Waals surface area contributed by atoms with E-state index in [4.69, 9.17) is 9.47 Å². The number of carbonyl (C=O) groups excluding carboxylic acids is 4. The minimum absolute atomic E-state index is 0.0549. The summed E-state index contributed by atoms with van der Waals surface area (Å²) >= 11 is 3.63. The fourth-order valence-electron chi connectivity index (χ4n) is 7.43. The first-order chi connectivity index (χ1) is 22.2. The molecule has 4 aliphatic rings. The monoisotopic (exact) mass is 699 g/mol. The lowest BCUT2D eigenvalue weighted by atomic mass is 9.74. The van der Waals surface area contributed by atoms with Crippen LogP contribution in [0.2, 0.25) is 0 Å². The maximum atomic E-state index is 14.8. The molecule has 1 aromatic rings. The van der Waals surface area contributed by atoms with Crippen molar-refractivity contribution in [2.24, 2.45) is 11.8 Å². The van der Waals surface area contributed by atoms with Crippen molar-refractivity contribution in [3.8, 4) is 0 Å². The number of hydrogen-bond acceptors (Lipinski definition) is 7. The van der Waals surface area contributed by atoms with Gasteiger partial charge in [-0.3, -0.25) is 19.2 Å². The van der Waals surface area contributed by atoms with Crippen LogP contribution in [0, 0.1) is 11.8 Å². The van der Waals surface area contributed by atoms with Crippen LogP contribution in [0.5, 0.6) is 0 Å². The topological polar surface area (TPSA) is 125 Å². The molecule has 5 bridgehead atoms. The predicted octanol–water partition coefficient (Wildman–Crippen LogP) is 4.18. The Morgan fingerprint density at radius 3 is 2.57 bits per heavy atom. The molecule has 1 unspecified atom stereocenters. The van der Waals surface area contributed by atoms with Gasteiger partial charge in [-0.2, -0.15) is 0 Å². The summed E-state index contributed by atoms with van der Waals surface area (Å²) in [6, 6.07) is 7.62. The zero-order valence-electron chi connectivity index (χ0n) is 26.7. The van der Waals surface area contributed by atoms with E-state index >= 15 is 0 Å². The molecule has 1 spiro atoms. The van der Waals surface area contributed by atoms with Crippen LogP contribution in [-0.2, 0) is 28.7 Å². The lowest BCUT2D eigenvalue weighted by Gasteiger charge is -2.38. The molecule has 0 aliphatic carbocycles. The Balaban J connectivity index is 1.55. The van der Waals surface area contributed by atoms with Crippen molar-refractivity contribution in [2.75, 3.05) is 26.3 Å². The number of carbonyl (C=O) groups is 4. The van der Waals surface area contributed by atoms with E-state index in [2.05, 4.69) is 28.2 Å². The molecule has 0 saturated carbocycles. The maximum Gasteiger partial charge on any atom is 0.306 e. The molecule has 3 amide bonds. The van der Waals surface area contributed by atoms with E-state index < -0.39 is 41.5 Å². The van der Waals surface area contributed by atoms with Crippen molar-refractivity contribution >= 4 is 39.6 Å². The number of halogens is 1. The van der Waals surface area contributed by atoms with Crippen molar-refractivity contribution in [3.05, 3.63) is 58.6 Å². The highest BCUT2D eigenvalue weighted by molar-refractivity contribution is 9.11. The normalized spacial score (nSPS) is 31.4. The zero-order valence-corrected chi connectivity index (χ0v) is 28.3. The number of aliphatic hydroxyl groups is 1. The van der Waals surface area contributed by atoms with Gasteiger partial charge in [-0.15, -0.1) is 0 Å². The summed E-state index contributed by atoms with van der Waals surface area (Å²) in [5, 5.41) is 12.3. The van der Waals surface area contributed by atoms with Gasteiger partial charge in [0.1, 0.15) is 24.4 Å². The lowest BCUT2D eigenvalue weighted by Crippen LogP contribution is -2.57. The highest BCUT2D eigenvalue weighted by Crippen LogP contribution is 2.58. The third kappa shape index (κ3) is 6.82. The van der Waals surface area contributed by atoms with Crippen molar-refractivity contribution in [3.63, 3.8) is 0 Å². The van der Waals surface area contributed by atoms with E-state index in [9.17, 15) is 24.3 Å². The van der Waals surface area contributed by atoms with Gasteiger partial charge in [-0.1, -0.05) is 84.6 Å². The van der Waals surface area contributed by atoms with E-state index in [1.165, 1.54) is 0 Å². The van der Waals surface area contributed by atoms with Gasteiger partial charge in [-0.25, -0.2) is 0 Å². The Bertz CT molecular complexity index is 1340. The Hall–Kier alpha value is -3.02. The summed E-state index contributed by atoms with van der Waals surface area (Å²) in [6.45, 7) is 4.81. The van der Waals surface area contributed by atoms with Crippen molar-refractivity contribution in [2.45, 2.75) is 95.0 Å². The molecule has 2 N–H and O–H groups in total. The number of likely N-dealkylation sites (tertiary alicyclic amines) is 1. The van der Waals surface area contributed by atoms with Gasteiger partial charge in [0.25, 0.3) is 0 Å². The van der Waals surface area contributed by atoms with Crippen molar-refractivity contribution < 1.29 is 33.8 Å². The summed E-state index contributed by atoms with van der Waals surface area (Å²) in [5.41, 5.74) is -0.535. The number of amides is 3. The molecule has 5 rings (SSSR count). The number of benzene rings is 1. The maximum absolute atomic E-state index is 14.8. The van der Waals surface area contributed by atoms with Gasteiger partial charge >= 0.3 is 5.97 Å². The molecule has 250 valence electrons. The number of hydrogen-bond donors (Lipinski definition) is 2. The summed E-state index contributed by atoms with van der Waals surface area (Å²) in [6.07, 6.45) is 10.1. The summed E-state index contributed by atoms with van der Waals surface area (Å²) in [4.78, 5) is 59.6. The Labute approximate surface area is 279 Å². The van der Waals surface area contributed by atoms with E-state index in [0.29, 0.717) is 36.8 Å². The first-order valence-electron chi connectivity index (χ1n) is 16.7. The third-order valence-electron chi connectivity index (χ3n) is 9.70. The first-order valence-corrected chi connectivity index (χ1v) is 17.5. The number of unbranched alkanes of at least 4 members (excludes halogenated alkanes) is 3. The molecule has 7 atom stereocenters. The van der Waals surface area contributed by atoms with Gasteiger partial charge in [0.05, 0.1) is 17.9 Å². The fourth-order valence-corrected chi connectivity index (χ4v) is 8.17. The van der Waals surface area contributed by atoms with Crippen LogP contribution < -0.4 is 5.32 Å². The number of aliphatic hydroxyl groups excluding tert-OH is 1. The predicted molar refractivity (Wildman–Crippen MR) is 175 cm³/mol. The van der Waals surface area contributed by atoms with E-state index in [-0.39, 0.29) is 43.5 Å². The van der Waals surface area contributed by atoms with E-state index in [1.54, 1.807) is 4.90 Å². The molecule has 4 heterocycles. The number of fused-ring (bicyclic) bond motifs is 2. The SMILES string of the molecule is CCCC(C)N1C/C=C\CCC(=O)OC[C@H](c2ccccc2)NC(=O)[C@H]2[C@@H]3O[C@@]4(C=C3Br)[C@@H]2C(=O)N(CCCCCCO)[C@@H]4C1=O. The molecule has 1 aromatic carbocycles. The van der Waals surface area contributed by atoms with Gasteiger partial charge < -0.3 is 29.7 Å². The van der Waals surface area contributed by atoms with Crippen LogP contribution >= 0.6 is 15.9 Å². The Morgan fingerprint density at radius 2 is 1.83 bits per heavy atom. The van der Waals surface area contributed by atoms with Crippen LogP contribution in [0.3, 0.4) is 0 Å². The minimum atomic E-state index is -1.30. The second-order valence-corrected chi connectivity index (χ2v) is 13.7. The number of nitrogens with one attached hydrogen (secondary N) is 1. The lowest BCUT2D eigenvalue weighted by molar-refractivity contribution is -0.149. The fraction of sp³-hybridized carbons (Fsp3) is 0.600. The summed E-state index contributed by atoms with van der Waals surface area (Å²) in [5.74, 6) is -3.02. The molecular formula is C35H46BrN3O7. The highest BCUT2D eigenvalue weighted by atomic mass is 79.9. The largest absolute Gasteiger partial charge is 0.463 e. The molecule has 4 aliphatic heterocycles. The van der Waals surface area contributed by atoms with E-state index in [0.717, 1.165) is 31.2 Å². The second kappa shape index (κ2) is 15.3. The number of ether oxygens (including phenoxy) is 2. The number of allylic oxidation sites excluding steroid dienone is 1. The highest BCUT2D eigenvalue weighted by Gasteiger charge is 2.74. The summed E-state index contributed by atoms with van der Waals surface area (Å²) in [7, 11) is 0. The molecule has 2 fully saturated rings. The molecule has 46 heavy (non-hydrogen) atoms.